The summed E-state index contributed by atoms with van der Waals surface area (Å²) in [5, 5.41) is 0. The number of carbonyl (C=O) groups is 1. The molecule has 1 aliphatic heterocycles. The Balaban J connectivity index is 1.48. The molecule has 3 nitrogen and oxygen atoms in total. The minimum atomic E-state index is -0.187. The van der Waals surface area contributed by atoms with Gasteiger partial charge in [-0.05, 0) is 62.4 Å². The highest BCUT2D eigenvalue weighted by atomic mass is 19.1. The van der Waals surface area contributed by atoms with Gasteiger partial charge in [0.1, 0.15) is 5.82 Å². The number of likely N-dealkylation sites (N-methyl/N-ethyl adjacent to an activating group) is 1. The van der Waals surface area contributed by atoms with Gasteiger partial charge in [0, 0.05) is 19.6 Å². The minimum Gasteiger partial charge on any atom is -0.341 e. The summed E-state index contributed by atoms with van der Waals surface area (Å²) in [7, 11) is 2.01. The highest BCUT2D eigenvalue weighted by Gasteiger charge is 2.28. The number of likely N-dealkylation sites (tertiary alicyclic amines) is 1. The molecule has 1 saturated heterocycles. The molecule has 1 aliphatic rings. The van der Waals surface area contributed by atoms with E-state index in [2.05, 4.69) is 17.0 Å². The highest BCUT2D eigenvalue weighted by molar-refractivity contribution is 5.81. The Hall–Kier alpha value is -2.20. The topological polar surface area (TPSA) is 23.6 Å². The van der Waals surface area contributed by atoms with Gasteiger partial charge in [0.25, 0.3) is 0 Å². The van der Waals surface area contributed by atoms with Gasteiger partial charge in [-0.3, -0.25) is 9.69 Å². The van der Waals surface area contributed by atoms with E-state index in [4.69, 9.17) is 0 Å². The van der Waals surface area contributed by atoms with Gasteiger partial charge in [0.15, 0.2) is 0 Å². The fourth-order valence-corrected chi connectivity index (χ4v) is 3.77. The lowest BCUT2D eigenvalue weighted by molar-refractivity contribution is -0.137. The van der Waals surface area contributed by atoms with Crippen LogP contribution in [0.2, 0.25) is 0 Å². The summed E-state index contributed by atoms with van der Waals surface area (Å²) in [5.41, 5.74) is 2.40. The molecular weight excluding hydrogens is 339 g/mol. The number of carbonyl (C=O) groups excluding carboxylic acids is 1. The Morgan fingerprint density at radius 2 is 1.70 bits per heavy atom. The molecule has 1 amide bonds. The quantitative estimate of drug-likeness (QED) is 0.765. The van der Waals surface area contributed by atoms with E-state index in [1.165, 1.54) is 23.3 Å². The highest BCUT2D eigenvalue weighted by Crippen LogP contribution is 2.23. The summed E-state index contributed by atoms with van der Waals surface area (Å²) in [6, 6.07) is 16.9. The van der Waals surface area contributed by atoms with Gasteiger partial charge >= 0.3 is 0 Å². The van der Waals surface area contributed by atoms with Crippen LogP contribution >= 0.6 is 0 Å². The fraction of sp³-hybridized carbons (Fsp3) is 0.435. The van der Waals surface area contributed by atoms with E-state index < -0.39 is 0 Å². The number of piperidine rings is 1. The van der Waals surface area contributed by atoms with Crippen LogP contribution in [0.15, 0.2) is 54.6 Å². The zero-order valence-corrected chi connectivity index (χ0v) is 16.3. The first-order valence-electron chi connectivity index (χ1n) is 9.80. The zero-order valence-electron chi connectivity index (χ0n) is 16.3. The van der Waals surface area contributed by atoms with Crippen LogP contribution in [0.25, 0.3) is 0 Å². The molecule has 0 radical (unpaired) electrons. The number of amides is 1. The molecule has 27 heavy (non-hydrogen) atoms. The average Bonchev–Trinajstić information content (AvgIpc) is 2.70. The third-order valence-electron chi connectivity index (χ3n) is 5.66. The zero-order chi connectivity index (χ0) is 19.2. The lowest BCUT2D eigenvalue weighted by Crippen LogP contribution is -2.48. The van der Waals surface area contributed by atoms with Gasteiger partial charge in [0.2, 0.25) is 5.91 Å². The van der Waals surface area contributed by atoms with Crippen LogP contribution in [0.3, 0.4) is 0 Å². The van der Waals surface area contributed by atoms with Crippen LogP contribution in [0.4, 0.5) is 4.39 Å². The molecule has 1 heterocycles. The second kappa shape index (κ2) is 9.14. The van der Waals surface area contributed by atoms with Gasteiger partial charge in [-0.1, -0.05) is 42.5 Å². The SMILES string of the molecule is CC(C(=O)N1CCC(Cc2ccc(F)cc2)CC1)N(C)Cc1ccccc1. The summed E-state index contributed by atoms with van der Waals surface area (Å²) < 4.78 is 13.0. The van der Waals surface area contributed by atoms with Crippen LogP contribution in [0.5, 0.6) is 0 Å². The molecule has 0 aromatic heterocycles. The molecule has 1 atom stereocenters. The summed E-state index contributed by atoms with van der Waals surface area (Å²) >= 11 is 0. The van der Waals surface area contributed by atoms with Crippen molar-refractivity contribution in [3.8, 4) is 0 Å². The lowest BCUT2D eigenvalue weighted by Gasteiger charge is -2.35. The predicted molar refractivity (Wildman–Crippen MR) is 107 cm³/mol. The molecule has 2 aromatic rings. The van der Waals surface area contributed by atoms with Crippen molar-refractivity contribution in [2.75, 3.05) is 20.1 Å². The Bertz CT molecular complexity index is 724. The van der Waals surface area contributed by atoms with E-state index in [1.807, 2.05) is 49.2 Å². The number of nitrogens with zero attached hydrogens (tertiary/aromatic N) is 2. The number of rotatable bonds is 6. The van der Waals surface area contributed by atoms with Crippen LogP contribution in [-0.2, 0) is 17.8 Å². The van der Waals surface area contributed by atoms with E-state index >= 15 is 0 Å². The third kappa shape index (κ3) is 5.39. The van der Waals surface area contributed by atoms with Crippen molar-refractivity contribution in [1.29, 1.82) is 0 Å². The first kappa shape index (κ1) is 19.6. The van der Waals surface area contributed by atoms with Crippen LogP contribution in [0, 0.1) is 11.7 Å². The second-order valence-electron chi connectivity index (χ2n) is 7.68. The summed E-state index contributed by atoms with van der Waals surface area (Å²) in [5.74, 6) is 0.596. The van der Waals surface area contributed by atoms with Gasteiger partial charge in [-0.25, -0.2) is 4.39 Å². The molecule has 0 saturated carbocycles. The molecule has 2 aromatic carbocycles. The van der Waals surface area contributed by atoms with Crippen molar-refractivity contribution in [2.45, 2.75) is 38.8 Å². The maximum Gasteiger partial charge on any atom is 0.239 e. The van der Waals surface area contributed by atoms with Crippen molar-refractivity contribution in [3.63, 3.8) is 0 Å². The molecule has 1 unspecified atom stereocenters. The molecule has 3 rings (SSSR count). The van der Waals surface area contributed by atoms with E-state index in [1.54, 1.807) is 0 Å². The summed E-state index contributed by atoms with van der Waals surface area (Å²) in [6.45, 7) is 4.40. The molecule has 0 spiro atoms. The first-order chi connectivity index (χ1) is 13.0. The van der Waals surface area contributed by atoms with E-state index in [-0.39, 0.29) is 17.8 Å². The normalized spacial score (nSPS) is 16.5. The third-order valence-corrected chi connectivity index (χ3v) is 5.66. The Labute approximate surface area is 161 Å². The minimum absolute atomic E-state index is 0.126. The fourth-order valence-electron chi connectivity index (χ4n) is 3.77. The van der Waals surface area contributed by atoms with Crippen molar-refractivity contribution >= 4 is 5.91 Å². The second-order valence-corrected chi connectivity index (χ2v) is 7.68. The van der Waals surface area contributed by atoms with Crippen molar-refractivity contribution in [2.24, 2.45) is 5.92 Å². The van der Waals surface area contributed by atoms with Gasteiger partial charge < -0.3 is 4.90 Å². The summed E-state index contributed by atoms with van der Waals surface area (Å²) in [4.78, 5) is 17.0. The number of halogens is 1. The number of hydrogen-bond acceptors (Lipinski definition) is 2. The lowest BCUT2D eigenvalue weighted by atomic mass is 9.90. The molecule has 0 aliphatic carbocycles. The van der Waals surface area contributed by atoms with Gasteiger partial charge in [-0.15, -0.1) is 0 Å². The first-order valence-corrected chi connectivity index (χ1v) is 9.80. The van der Waals surface area contributed by atoms with Crippen molar-refractivity contribution < 1.29 is 9.18 Å². The van der Waals surface area contributed by atoms with Crippen molar-refractivity contribution in [3.05, 3.63) is 71.5 Å². The molecule has 0 N–H and O–H groups in total. The Kier molecular flexibility index (Phi) is 6.62. The molecule has 144 valence electrons. The molecular formula is C23H29FN2O. The van der Waals surface area contributed by atoms with E-state index in [0.717, 1.165) is 38.9 Å². The van der Waals surface area contributed by atoms with Crippen LogP contribution in [0.1, 0.15) is 30.9 Å². The number of hydrogen-bond donors (Lipinski definition) is 0. The van der Waals surface area contributed by atoms with Gasteiger partial charge in [-0.2, -0.15) is 0 Å². The van der Waals surface area contributed by atoms with Crippen molar-refractivity contribution in [1.82, 2.24) is 9.80 Å². The maximum absolute atomic E-state index is 13.0. The summed E-state index contributed by atoms with van der Waals surface area (Å²) in [6.07, 6.45) is 2.99. The van der Waals surface area contributed by atoms with E-state index in [0.29, 0.717) is 5.92 Å². The van der Waals surface area contributed by atoms with Gasteiger partial charge in [0.05, 0.1) is 6.04 Å². The van der Waals surface area contributed by atoms with E-state index in [9.17, 15) is 9.18 Å². The standard InChI is InChI=1S/C23H29FN2O/c1-18(25(2)17-21-6-4-3-5-7-21)23(27)26-14-12-20(13-15-26)16-19-8-10-22(24)11-9-19/h3-11,18,20H,12-17H2,1-2H3. The monoisotopic (exact) mass is 368 g/mol. The molecule has 0 bridgehead atoms. The Morgan fingerprint density at radius 1 is 1.07 bits per heavy atom. The maximum atomic E-state index is 13.0. The predicted octanol–water partition coefficient (Wildman–Crippen LogP) is 4.13. The molecule has 1 fully saturated rings. The smallest absolute Gasteiger partial charge is 0.239 e. The average molecular weight is 368 g/mol. The molecule has 4 heteroatoms. The van der Waals surface area contributed by atoms with Crippen LogP contribution in [-0.4, -0.2) is 41.9 Å². The van der Waals surface area contributed by atoms with Crippen LogP contribution < -0.4 is 0 Å². The Morgan fingerprint density at radius 3 is 2.33 bits per heavy atom. The largest absolute Gasteiger partial charge is 0.341 e. The number of benzene rings is 2.